The minimum atomic E-state index is -0.768. The molecule has 25 heavy (non-hydrogen) atoms. The van der Waals surface area contributed by atoms with Crippen molar-refractivity contribution >= 4 is 12.0 Å². The number of carbonyl (C=O) groups is 1. The van der Waals surface area contributed by atoms with Crippen LogP contribution in [0.1, 0.15) is 5.56 Å². The van der Waals surface area contributed by atoms with E-state index in [2.05, 4.69) is 0 Å². The largest absolute Gasteiger partial charge is 0.497 e. The van der Waals surface area contributed by atoms with Gasteiger partial charge in [-0.3, -0.25) is 0 Å². The van der Waals surface area contributed by atoms with Crippen molar-refractivity contribution < 1.29 is 23.4 Å². The first-order valence-electron chi connectivity index (χ1n) is 7.44. The lowest BCUT2D eigenvalue weighted by molar-refractivity contribution is -0.139. The Morgan fingerprint density at radius 2 is 1.88 bits per heavy atom. The number of hydrogen-bond acceptors (Lipinski definition) is 5. The summed E-state index contributed by atoms with van der Waals surface area (Å²) in [6, 6.07) is 14.6. The molecular weight excluding hydrogens is 325 g/mol. The molecule has 0 atom stereocenters. The molecule has 0 bridgehead atoms. The van der Waals surface area contributed by atoms with Gasteiger partial charge in [-0.1, -0.05) is 24.3 Å². The van der Waals surface area contributed by atoms with Crippen molar-refractivity contribution in [2.24, 2.45) is 0 Å². The lowest BCUT2D eigenvalue weighted by atomic mass is 10.1. The summed E-state index contributed by atoms with van der Waals surface area (Å²) in [5.74, 6) is -0.516. The Labute approximate surface area is 144 Å². The van der Waals surface area contributed by atoms with Crippen LogP contribution in [0.2, 0.25) is 0 Å². The van der Waals surface area contributed by atoms with Gasteiger partial charge in [0, 0.05) is 0 Å². The molecule has 2 aromatic rings. The number of para-hydroxylation sites is 1. The van der Waals surface area contributed by atoms with Gasteiger partial charge in [0.05, 0.1) is 7.11 Å². The highest BCUT2D eigenvalue weighted by Gasteiger charge is 2.11. The van der Waals surface area contributed by atoms with E-state index in [1.165, 1.54) is 18.2 Å². The molecule has 0 aliphatic heterocycles. The Kier molecular flexibility index (Phi) is 6.55. The van der Waals surface area contributed by atoms with Crippen molar-refractivity contribution in [2.45, 2.75) is 0 Å². The summed E-state index contributed by atoms with van der Waals surface area (Å²) in [5.41, 5.74) is 0.521. The van der Waals surface area contributed by atoms with Crippen molar-refractivity contribution in [2.75, 3.05) is 20.3 Å². The van der Waals surface area contributed by atoms with Gasteiger partial charge < -0.3 is 14.2 Å². The zero-order valence-corrected chi connectivity index (χ0v) is 13.6. The summed E-state index contributed by atoms with van der Waals surface area (Å²) >= 11 is 0. The molecule has 0 saturated heterocycles. The second kappa shape index (κ2) is 9.08. The molecule has 0 saturated carbocycles. The van der Waals surface area contributed by atoms with E-state index in [1.807, 2.05) is 0 Å². The van der Waals surface area contributed by atoms with Gasteiger partial charge in [0.1, 0.15) is 30.6 Å². The predicted octanol–water partition coefficient (Wildman–Crippen LogP) is 3.36. The van der Waals surface area contributed by atoms with Gasteiger partial charge in [0.15, 0.2) is 11.6 Å². The third kappa shape index (κ3) is 5.36. The third-order valence-electron chi connectivity index (χ3n) is 3.18. The van der Waals surface area contributed by atoms with Gasteiger partial charge >= 0.3 is 5.97 Å². The van der Waals surface area contributed by atoms with Crippen LogP contribution in [0, 0.1) is 17.1 Å². The fourth-order valence-electron chi connectivity index (χ4n) is 1.93. The van der Waals surface area contributed by atoms with Gasteiger partial charge in [-0.2, -0.15) is 5.26 Å². The van der Waals surface area contributed by atoms with Gasteiger partial charge in [-0.25, -0.2) is 9.18 Å². The number of benzene rings is 2. The number of hydrogen-bond donors (Lipinski definition) is 0. The predicted molar refractivity (Wildman–Crippen MR) is 89.4 cm³/mol. The molecule has 0 aliphatic carbocycles. The number of ether oxygens (including phenoxy) is 3. The Balaban J connectivity index is 1.88. The molecule has 0 N–H and O–H groups in total. The summed E-state index contributed by atoms with van der Waals surface area (Å²) in [7, 11) is 1.55. The number of carbonyl (C=O) groups excluding carboxylic acids is 1. The van der Waals surface area contributed by atoms with Gasteiger partial charge in [0.2, 0.25) is 0 Å². The molecule has 2 aromatic carbocycles. The average molecular weight is 341 g/mol. The zero-order chi connectivity index (χ0) is 18.1. The molecule has 0 amide bonds. The van der Waals surface area contributed by atoms with Crippen molar-refractivity contribution in [3.05, 3.63) is 65.5 Å². The highest BCUT2D eigenvalue weighted by atomic mass is 19.1. The summed E-state index contributed by atoms with van der Waals surface area (Å²) in [4.78, 5) is 11.9. The molecule has 6 heteroatoms. The summed E-state index contributed by atoms with van der Waals surface area (Å²) in [6.45, 7) is -0.122. The molecule has 5 nitrogen and oxygen atoms in total. The van der Waals surface area contributed by atoms with Crippen LogP contribution in [0.3, 0.4) is 0 Å². The lowest BCUT2D eigenvalue weighted by Crippen LogP contribution is -2.13. The SMILES string of the molecule is COc1ccc(C=C(C#N)C(=O)OCCOc2ccccc2F)cc1. The highest BCUT2D eigenvalue weighted by Crippen LogP contribution is 2.16. The van der Waals surface area contributed by atoms with Crippen LogP contribution in [0.25, 0.3) is 6.08 Å². The minimum Gasteiger partial charge on any atom is -0.497 e. The molecule has 0 aromatic heterocycles. The highest BCUT2D eigenvalue weighted by molar-refractivity contribution is 5.97. The van der Waals surface area contributed by atoms with E-state index < -0.39 is 11.8 Å². The number of esters is 1. The Morgan fingerprint density at radius 3 is 2.52 bits per heavy atom. The van der Waals surface area contributed by atoms with E-state index in [0.29, 0.717) is 11.3 Å². The zero-order valence-electron chi connectivity index (χ0n) is 13.6. The Hall–Kier alpha value is -3.33. The van der Waals surface area contributed by atoms with Crippen LogP contribution in [-0.4, -0.2) is 26.3 Å². The van der Waals surface area contributed by atoms with Crippen molar-refractivity contribution in [3.8, 4) is 17.6 Å². The maximum atomic E-state index is 13.4. The Morgan fingerprint density at radius 1 is 1.16 bits per heavy atom. The third-order valence-corrected chi connectivity index (χ3v) is 3.18. The first kappa shape index (κ1) is 18.0. The fourth-order valence-corrected chi connectivity index (χ4v) is 1.93. The number of nitriles is 1. The smallest absolute Gasteiger partial charge is 0.349 e. The van der Waals surface area contributed by atoms with Crippen LogP contribution in [0.15, 0.2) is 54.1 Å². The molecule has 0 heterocycles. The normalized spacial score (nSPS) is 10.7. The first-order valence-corrected chi connectivity index (χ1v) is 7.44. The van der Waals surface area contributed by atoms with E-state index in [4.69, 9.17) is 19.5 Å². The number of halogens is 1. The van der Waals surface area contributed by atoms with E-state index in [1.54, 1.807) is 49.6 Å². The van der Waals surface area contributed by atoms with Crippen molar-refractivity contribution in [1.29, 1.82) is 5.26 Å². The maximum Gasteiger partial charge on any atom is 0.349 e. The summed E-state index contributed by atoms with van der Waals surface area (Å²) < 4.78 is 28.5. The maximum absolute atomic E-state index is 13.4. The summed E-state index contributed by atoms with van der Waals surface area (Å²) in [6.07, 6.45) is 1.42. The van der Waals surface area contributed by atoms with Crippen molar-refractivity contribution in [1.82, 2.24) is 0 Å². The van der Waals surface area contributed by atoms with E-state index >= 15 is 0 Å². The topological polar surface area (TPSA) is 68.5 Å². The lowest BCUT2D eigenvalue weighted by Gasteiger charge is -2.07. The minimum absolute atomic E-state index is 0.0199. The van der Waals surface area contributed by atoms with Crippen LogP contribution in [0.5, 0.6) is 11.5 Å². The molecular formula is C19H16FNO4. The van der Waals surface area contributed by atoms with E-state index in [-0.39, 0.29) is 24.5 Å². The molecule has 0 aliphatic rings. The molecule has 0 radical (unpaired) electrons. The van der Waals surface area contributed by atoms with Gasteiger partial charge in [-0.15, -0.1) is 0 Å². The molecule has 128 valence electrons. The van der Waals surface area contributed by atoms with Crippen molar-refractivity contribution in [3.63, 3.8) is 0 Å². The quantitative estimate of drug-likeness (QED) is 0.334. The monoisotopic (exact) mass is 341 g/mol. The van der Waals surface area contributed by atoms with Crippen LogP contribution in [0.4, 0.5) is 4.39 Å². The molecule has 2 rings (SSSR count). The van der Waals surface area contributed by atoms with E-state index in [9.17, 15) is 9.18 Å². The number of methoxy groups -OCH3 is 1. The van der Waals surface area contributed by atoms with Gasteiger partial charge in [0.25, 0.3) is 0 Å². The van der Waals surface area contributed by atoms with Crippen LogP contribution in [-0.2, 0) is 9.53 Å². The first-order chi connectivity index (χ1) is 12.1. The van der Waals surface area contributed by atoms with Gasteiger partial charge in [-0.05, 0) is 35.9 Å². The number of rotatable bonds is 7. The Bertz CT molecular complexity index is 794. The fraction of sp³-hybridized carbons (Fsp3) is 0.158. The van der Waals surface area contributed by atoms with Crippen LogP contribution < -0.4 is 9.47 Å². The number of nitrogens with zero attached hydrogens (tertiary/aromatic N) is 1. The second-order valence-corrected chi connectivity index (χ2v) is 4.86. The molecule has 0 unspecified atom stereocenters. The summed E-state index contributed by atoms with van der Waals surface area (Å²) in [5, 5.41) is 9.10. The van der Waals surface area contributed by atoms with Crippen LogP contribution >= 0.6 is 0 Å². The standard InChI is InChI=1S/C19H16FNO4/c1-23-16-8-6-14(7-9-16)12-15(13-21)19(22)25-11-10-24-18-5-3-2-4-17(18)20/h2-9,12H,10-11H2,1H3. The molecule has 0 fully saturated rings. The van der Waals surface area contributed by atoms with E-state index in [0.717, 1.165) is 0 Å². The molecule has 0 spiro atoms. The second-order valence-electron chi connectivity index (χ2n) is 4.86. The average Bonchev–Trinajstić information content (AvgIpc) is 2.65.